The Bertz CT molecular complexity index is 1030. The lowest BCUT2D eigenvalue weighted by Gasteiger charge is -2.15. The van der Waals surface area contributed by atoms with Crippen LogP contribution in [0.2, 0.25) is 0 Å². The number of alkyl halides is 3. The lowest BCUT2D eigenvalue weighted by atomic mass is 10.0. The van der Waals surface area contributed by atoms with E-state index < -0.39 is 6.36 Å². The summed E-state index contributed by atoms with van der Waals surface area (Å²) >= 11 is 0. The Morgan fingerprint density at radius 2 is 1.66 bits per heavy atom. The molecular weight excluding hydrogens is 413 g/mol. The van der Waals surface area contributed by atoms with Crippen LogP contribution in [0.4, 0.5) is 13.2 Å². The first-order valence-electron chi connectivity index (χ1n) is 10.8. The number of benzene rings is 3. The molecule has 4 rings (SSSR count). The van der Waals surface area contributed by atoms with Crippen LogP contribution >= 0.6 is 0 Å². The average Bonchev–Trinajstić information content (AvgIpc) is 3.15. The molecule has 1 heterocycles. The summed E-state index contributed by atoms with van der Waals surface area (Å²) in [5.41, 5.74) is 7.56. The zero-order valence-electron chi connectivity index (χ0n) is 18.1. The van der Waals surface area contributed by atoms with Crippen molar-refractivity contribution in [3.05, 3.63) is 100 Å². The minimum atomic E-state index is -4.66. The van der Waals surface area contributed by atoms with Gasteiger partial charge in [0.2, 0.25) is 0 Å². The van der Waals surface area contributed by atoms with Crippen LogP contribution in [0.15, 0.2) is 66.7 Å². The van der Waals surface area contributed by atoms with Gasteiger partial charge in [0.1, 0.15) is 5.75 Å². The molecule has 0 bridgehead atoms. The van der Waals surface area contributed by atoms with E-state index in [2.05, 4.69) is 58.3 Å². The molecule has 1 aliphatic rings. The first-order valence-corrected chi connectivity index (χ1v) is 10.8. The molecule has 0 aliphatic carbocycles. The van der Waals surface area contributed by atoms with Crippen molar-refractivity contribution in [1.29, 1.82) is 0 Å². The molecule has 1 N–H and O–H groups in total. The quantitative estimate of drug-likeness (QED) is 0.452. The summed E-state index contributed by atoms with van der Waals surface area (Å²) in [6.07, 6.45) is -3.66. The number of nitrogens with zero attached hydrogens (tertiary/aromatic N) is 1. The third-order valence-corrected chi connectivity index (χ3v) is 5.73. The van der Waals surface area contributed by atoms with E-state index in [4.69, 9.17) is 0 Å². The van der Waals surface area contributed by atoms with Crippen LogP contribution in [0.3, 0.4) is 0 Å². The van der Waals surface area contributed by atoms with Crippen LogP contribution in [0.25, 0.3) is 0 Å². The number of aryl methyl sites for hydroxylation is 1. The maximum atomic E-state index is 12.3. The van der Waals surface area contributed by atoms with Crippen molar-refractivity contribution in [3.63, 3.8) is 0 Å². The van der Waals surface area contributed by atoms with Crippen molar-refractivity contribution in [2.24, 2.45) is 0 Å². The maximum Gasteiger partial charge on any atom is 0.573 e. The van der Waals surface area contributed by atoms with Gasteiger partial charge in [-0.15, -0.1) is 13.2 Å². The maximum absolute atomic E-state index is 12.3. The molecule has 0 saturated carbocycles. The fourth-order valence-electron chi connectivity index (χ4n) is 4.24. The SMILES string of the molecule is Cc1cc(CNCCc2ccccc2)cc2c1CN(Cc1ccc(OC(F)(F)F)cc1)C2. The van der Waals surface area contributed by atoms with Crippen LogP contribution in [0.5, 0.6) is 5.75 Å². The Labute approximate surface area is 186 Å². The van der Waals surface area contributed by atoms with Crippen LogP contribution in [-0.2, 0) is 32.6 Å². The van der Waals surface area contributed by atoms with E-state index in [1.807, 2.05) is 6.07 Å². The fraction of sp³-hybridized carbons (Fsp3) is 0.308. The van der Waals surface area contributed by atoms with Gasteiger partial charge in [0.25, 0.3) is 0 Å². The van der Waals surface area contributed by atoms with Gasteiger partial charge >= 0.3 is 6.36 Å². The van der Waals surface area contributed by atoms with Gasteiger partial charge in [0.15, 0.2) is 0 Å². The normalized spacial score (nSPS) is 13.9. The van der Waals surface area contributed by atoms with E-state index in [-0.39, 0.29) is 5.75 Å². The van der Waals surface area contributed by atoms with Crippen molar-refractivity contribution in [1.82, 2.24) is 10.2 Å². The standard InChI is InChI=1S/C26H27F3N2O/c1-19-13-22(15-30-12-11-20-5-3-2-4-6-20)14-23-17-31(18-25(19)23)16-21-7-9-24(10-8-21)32-26(27,28)29/h2-10,13-14,30H,11-12,15-18H2,1H3. The first kappa shape index (κ1) is 22.4. The third kappa shape index (κ3) is 6.11. The van der Waals surface area contributed by atoms with Crippen LogP contribution in [-0.4, -0.2) is 17.8 Å². The van der Waals surface area contributed by atoms with Gasteiger partial charge in [0, 0.05) is 26.2 Å². The van der Waals surface area contributed by atoms with E-state index in [1.54, 1.807) is 12.1 Å². The highest BCUT2D eigenvalue weighted by atomic mass is 19.4. The highest BCUT2D eigenvalue weighted by molar-refractivity contribution is 5.41. The minimum Gasteiger partial charge on any atom is -0.406 e. The van der Waals surface area contributed by atoms with Gasteiger partial charge in [-0.1, -0.05) is 54.6 Å². The van der Waals surface area contributed by atoms with Gasteiger partial charge in [-0.05, 0) is 65.4 Å². The highest BCUT2D eigenvalue weighted by Crippen LogP contribution is 2.29. The minimum absolute atomic E-state index is 0.189. The molecule has 3 aromatic rings. The number of hydrogen-bond acceptors (Lipinski definition) is 3. The van der Waals surface area contributed by atoms with Crippen LogP contribution in [0.1, 0.15) is 33.4 Å². The van der Waals surface area contributed by atoms with Crippen molar-refractivity contribution in [2.75, 3.05) is 6.54 Å². The first-order chi connectivity index (χ1) is 15.4. The Balaban J connectivity index is 1.30. The molecule has 0 amide bonds. The zero-order chi connectivity index (χ0) is 22.6. The number of nitrogens with one attached hydrogen (secondary N) is 1. The van der Waals surface area contributed by atoms with Gasteiger partial charge in [0.05, 0.1) is 0 Å². The predicted octanol–water partition coefficient (Wildman–Crippen LogP) is 5.74. The molecule has 168 valence electrons. The lowest BCUT2D eigenvalue weighted by Crippen LogP contribution is -2.17. The molecule has 3 aromatic carbocycles. The summed E-state index contributed by atoms with van der Waals surface area (Å²) in [6.45, 7) is 6.30. The van der Waals surface area contributed by atoms with Crippen molar-refractivity contribution in [3.8, 4) is 5.75 Å². The van der Waals surface area contributed by atoms with E-state index in [9.17, 15) is 13.2 Å². The van der Waals surface area contributed by atoms with Crippen LogP contribution < -0.4 is 10.1 Å². The molecule has 0 unspecified atom stereocenters. The van der Waals surface area contributed by atoms with E-state index in [1.165, 1.54) is 39.9 Å². The topological polar surface area (TPSA) is 24.5 Å². The summed E-state index contributed by atoms with van der Waals surface area (Å²) in [6, 6.07) is 21.1. The largest absolute Gasteiger partial charge is 0.573 e. The van der Waals surface area contributed by atoms with Gasteiger partial charge in [-0.2, -0.15) is 0 Å². The van der Waals surface area contributed by atoms with Crippen molar-refractivity contribution >= 4 is 0 Å². The number of hydrogen-bond donors (Lipinski definition) is 1. The Morgan fingerprint density at radius 1 is 0.906 bits per heavy atom. The zero-order valence-corrected chi connectivity index (χ0v) is 18.1. The third-order valence-electron chi connectivity index (χ3n) is 5.73. The summed E-state index contributed by atoms with van der Waals surface area (Å²) in [5, 5.41) is 3.54. The van der Waals surface area contributed by atoms with E-state index in [0.717, 1.165) is 38.2 Å². The lowest BCUT2D eigenvalue weighted by molar-refractivity contribution is -0.274. The second-order valence-corrected chi connectivity index (χ2v) is 8.30. The number of rotatable bonds is 8. The molecule has 0 aromatic heterocycles. The fourth-order valence-corrected chi connectivity index (χ4v) is 4.24. The molecule has 6 heteroatoms. The second kappa shape index (κ2) is 9.76. The summed E-state index contributed by atoms with van der Waals surface area (Å²) in [5.74, 6) is -0.189. The van der Waals surface area contributed by atoms with E-state index in [0.29, 0.717) is 6.54 Å². The molecule has 3 nitrogen and oxygen atoms in total. The Hall–Kier alpha value is -2.83. The number of fused-ring (bicyclic) bond motifs is 1. The Morgan fingerprint density at radius 3 is 2.38 bits per heavy atom. The van der Waals surface area contributed by atoms with Gasteiger partial charge in [-0.25, -0.2) is 0 Å². The Kier molecular flexibility index (Phi) is 6.82. The van der Waals surface area contributed by atoms with Crippen molar-refractivity contribution < 1.29 is 17.9 Å². The van der Waals surface area contributed by atoms with Gasteiger partial charge < -0.3 is 10.1 Å². The average molecular weight is 441 g/mol. The summed E-state index contributed by atoms with van der Waals surface area (Å²) < 4.78 is 40.9. The molecular formula is C26H27F3N2O. The smallest absolute Gasteiger partial charge is 0.406 e. The second-order valence-electron chi connectivity index (χ2n) is 8.30. The molecule has 1 aliphatic heterocycles. The summed E-state index contributed by atoms with van der Waals surface area (Å²) in [4.78, 5) is 2.31. The van der Waals surface area contributed by atoms with Crippen LogP contribution in [0, 0.1) is 6.92 Å². The number of halogens is 3. The number of ether oxygens (including phenoxy) is 1. The molecule has 0 spiro atoms. The van der Waals surface area contributed by atoms with E-state index >= 15 is 0 Å². The molecule has 0 atom stereocenters. The monoisotopic (exact) mass is 440 g/mol. The van der Waals surface area contributed by atoms with Gasteiger partial charge in [-0.3, -0.25) is 4.90 Å². The molecule has 32 heavy (non-hydrogen) atoms. The predicted molar refractivity (Wildman–Crippen MR) is 119 cm³/mol. The highest BCUT2D eigenvalue weighted by Gasteiger charge is 2.31. The molecule has 0 saturated heterocycles. The molecule has 0 radical (unpaired) electrons. The molecule has 0 fully saturated rings. The van der Waals surface area contributed by atoms with Crippen molar-refractivity contribution in [2.45, 2.75) is 45.9 Å². The summed E-state index contributed by atoms with van der Waals surface area (Å²) in [7, 11) is 0.